The van der Waals surface area contributed by atoms with E-state index in [9.17, 15) is 0 Å². The standard InChI is InChI=1S/C14H29.C7H7.ClH.Mg/c1-3-5-7-9-11-13-14-12-10-8-6-4-2;1-7-5-3-2-4-6-7;;/h1,3-14H2,2H3;2-6H,1H2;1H;/q;;;+1/p-1. The molecule has 23 heavy (non-hydrogen) atoms. The van der Waals surface area contributed by atoms with Crippen molar-refractivity contribution in [3.63, 3.8) is 0 Å². The van der Waals surface area contributed by atoms with Gasteiger partial charge in [0.15, 0.2) is 0 Å². The minimum atomic E-state index is -0.312. The van der Waals surface area contributed by atoms with E-state index in [1.54, 1.807) is 0 Å². The van der Waals surface area contributed by atoms with Crippen molar-refractivity contribution in [2.45, 2.75) is 88.5 Å². The summed E-state index contributed by atoms with van der Waals surface area (Å²) in [6.07, 6.45) is 16.9. The largest absolute Gasteiger partial charge is 0.505 e. The van der Waals surface area contributed by atoms with Gasteiger partial charge in [0.1, 0.15) is 0 Å². The van der Waals surface area contributed by atoms with Crippen molar-refractivity contribution in [3.8, 4) is 0 Å². The molecule has 2 heteroatoms. The van der Waals surface area contributed by atoms with Crippen LogP contribution in [0.25, 0.3) is 0 Å². The van der Waals surface area contributed by atoms with Gasteiger partial charge in [0.05, 0.1) is 0 Å². The lowest BCUT2D eigenvalue weighted by Crippen LogP contribution is -1.86. The van der Waals surface area contributed by atoms with E-state index in [2.05, 4.69) is 38.1 Å². The van der Waals surface area contributed by atoms with Crippen LogP contribution >= 0.6 is 9.07 Å². The van der Waals surface area contributed by atoms with Gasteiger partial charge in [-0.2, -0.15) is 0 Å². The van der Waals surface area contributed by atoms with Crippen molar-refractivity contribution < 1.29 is 0 Å². The predicted molar refractivity (Wildman–Crippen MR) is 108 cm³/mol. The average molecular weight is 348 g/mol. The molecule has 0 aliphatic rings. The third-order valence-electron chi connectivity index (χ3n) is 4.08. The molecule has 0 spiro atoms. The summed E-state index contributed by atoms with van der Waals surface area (Å²) in [4.78, 5) is 0. The highest BCUT2D eigenvalue weighted by molar-refractivity contribution is 6.93. The maximum Gasteiger partial charge on any atom is 0.505 e. The van der Waals surface area contributed by atoms with Crippen molar-refractivity contribution in [2.75, 3.05) is 0 Å². The molecule has 1 rings (SSSR count). The molecule has 0 saturated heterocycles. The maximum atomic E-state index is 5.67. The second kappa shape index (κ2) is 20.3. The number of unbranched alkanes of at least 4 members (excludes halogenated alkanes) is 11. The molecular formula is C21H36ClMg. The van der Waals surface area contributed by atoms with E-state index in [0.29, 0.717) is 0 Å². The van der Waals surface area contributed by atoms with E-state index in [1.807, 2.05) is 6.07 Å². The number of benzene rings is 1. The third-order valence-corrected chi connectivity index (χ3v) is 5.41. The highest BCUT2D eigenvalue weighted by atomic mass is 35.5. The van der Waals surface area contributed by atoms with Gasteiger partial charge in [-0.3, -0.25) is 0 Å². The zero-order chi connectivity index (χ0) is 17.0. The van der Waals surface area contributed by atoms with Crippen LogP contribution < -0.4 is 0 Å². The fourth-order valence-corrected chi connectivity index (χ4v) is 3.80. The molecule has 1 aromatic carbocycles. The van der Waals surface area contributed by atoms with Gasteiger partial charge in [-0.1, -0.05) is 131 Å². The van der Waals surface area contributed by atoms with Crippen molar-refractivity contribution in [1.82, 2.24) is 0 Å². The van der Waals surface area contributed by atoms with Crippen LogP contribution in [0.1, 0.15) is 89.5 Å². The first-order valence-electron chi connectivity index (χ1n) is 9.74. The zero-order valence-electron chi connectivity index (χ0n) is 15.4. The Kier molecular flexibility index (Phi) is 20.6. The Labute approximate surface area is 159 Å². The van der Waals surface area contributed by atoms with E-state index < -0.39 is 0 Å². The Morgan fingerprint density at radius 3 is 1.70 bits per heavy atom. The van der Waals surface area contributed by atoms with Crippen LogP contribution in [0.15, 0.2) is 30.3 Å². The molecule has 0 heterocycles. The third kappa shape index (κ3) is 18.5. The smallest absolute Gasteiger partial charge is 0.345 e. The molecule has 1 aromatic rings. The molecule has 0 nitrogen and oxygen atoms in total. The van der Waals surface area contributed by atoms with E-state index in [1.165, 1.54) is 76.2 Å². The first-order valence-corrected chi connectivity index (χ1v) is 12.9. The normalized spacial score (nSPS) is 9.87. The molecule has 0 aliphatic heterocycles. The van der Waals surface area contributed by atoms with E-state index in [-0.39, 0.29) is 19.3 Å². The molecule has 0 atom stereocenters. The van der Waals surface area contributed by atoms with Crippen LogP contribution in [0.2, 0.25) is 0 Å². The molecule has 129 valence electrons. The van der Waals surface area contributed by atoms with E-state index >= 15 is 0 Å². The summed E-state index contributed by atoms with van der Waals surface area (Å²) in [5.74, 6) is 0. The molecule has 0 unspecified atom stereocenters. The van der Waals surface area contributed by atoms with Gasteiger partial charge in [-0.25, -0.2) is 0 Å². The maximum absolute atomic E-state index is 5.67. The summed E-state index contributed by atoms with van der Waals surface area (Å²) in [6.45, 7) is 6.14. The summed E-state index contributed by atoms with van der Waals surface area (Å²) in [6, 6.07) is 10.4. The lowest BCUT2D eigenvalue weighted by atomic mass is 10.1. The van der Waals surface area contributed by atoms with Crippen molar-refractivity contribution in [3.05, 3.63) is 42.8 Å². The van der Waals surface area contributed by atoms with Crippen molar-refractivity contribution >= 4 is 28.3 Å². The fourth-order valence-electron chi connectivity index (χ4n) is 2.59. The van der Waals surface area contributed by atoms with Gasteiger partial charge in [-0.15, -0.1) is 0 Å². The monoisotopic (exact) mass is 347 g/mol. The number of halogens is 1. The fraction of sp³-hybridized carbons (Fsp3) is 0.667. The van der Waals surface area contributed by atoms with Gasteiger partial charge >= 0.3 is 19.3 Å². The Morgan fingerprint density at radius 2 is 1.26 bits per heavy atom. The second-order valence-corrected chi connectivity index (χ2v) is 8.33. The zero-order valence-corrected chi connectivity index (χ0v) is 17.5. The van der Waals surface area contributed by atoms with Crippen molar-refractivity contribution in [1.29, 1.82) is 0 Å². The summed E-state index contributed by atoms with van der Waals surface area (Å²) in [5.41, 5.74) is 1.37. The highest BCUT2D eigenvalue weighted by Gasteiger charge is 1.92. The Bertz CT molecular complexity index is 301. The first-order chi connectivity index (χ1) is 11.3. The van der Waals surface area contributed by atoms with Crippen LogP contribution in [-0.2, 0) is 4.55 Å². The molecule has 1 radical (unpaired) electrons. The van der Waals surface area contributed by atoms with Gasteiger partial charge in [0.25, 0.3) is 0 Å². The van der Waals surface area contributed by atoms with Gasteiger partial charge < -0.3 is 9.07 Å². The molecule has 0 fully saturated rings. The molecule has 0 saturated carbocycles. The summed E-state index contributed by atoms with van der Waals surface area (Å²) >= 11 is -0.312. The van der Waals surface area contributed by atoms with E-state index in [0.717, 1.165) is 11.0 Å². The number of rotatable bonds is 13. The highest BCUT2D eigenvalue weighted by Crippen LogP contribution is 2.11. The molecule has 0 aliphatic carbocycles. The van der Waals surface area contributed by atoms with Gasteiger partial charge in [0, 0.05) is 0 Å². The van der Waals surface area contributed by atoms with Crippen LogP contribution in [0, 0.1) is 6.92 Å². The summed E-state index contributed by atoms with van der Waals surface area (Å²) in [5, 5.41) is 0. The lowest BCUT2D eigenvalue weighted by molar-refractivity contribution is 0.550. The van der Waals surface area contributed by atoms with Gasteiger partial charge in [-0.05, 0) is 0 Å². The van der Waals surface area contributed by atoms with Gasteiger partial charge in [0.2, 0.25) is 0 Å². The van der Waals surface area contributed by atoms with Crippen LogP contribution in [-0.4, -0.2) is 19.3 Å². The predicted octanol–water partition coefficient (Wildman–Crippen LogP) is 7.57. The topological polar surface area (TPSA) is 0 Å². The minimum Gasteiger partial charge on any atom is -0.345 e. The van der Waals surface area contributed by atoms with E-state index in [4.69, 9.17) is 9.07 Å². The Hall–Kier alpha value is 0.276. The van der Waals surface area contributed by atoms with Crippen LogP contribution in [0.5, 0.6) is 0 Å². The van der Waals surface area contributed by atoms with Crippen LogP contribution in [0.3, 0.4) is 0 Å². The Morgan fingerprint density at radius 1 is 0.783 bits per heavy atom. The van der Waals surface area contributed by atoms with Crippen LogP contribution in [0.4, 0.5) is 0 Å². The molecular weight excluding hydrogens is 312 g/mol. The summed E-state index contributed by atoms with van der Waals surface area (Å²) in [7, 11) is 5.67. The molecule has 0 bridgehead atoms. The average Bonchev–Trinajstić information content (AvgIpc) is 2.58. The lowest BCUT2D eigenvalue weighted by Gasteiger charge is -2.01. The molecule has 0 N–H and O–H groups in total. The quantitative estimate of drug-likeness (QED) is 0.255. The number of hydrogen-bond donors (Lipinski definition) is 0. The Balaban J connectivity index is 0.000000459. The SMILES string of the molecule is [CH2]CCCCCCCCCCCCC.[Cl][Mg][CH2]c1ccccc1. The first kappa shape index (κ1) is 23.3. The second-order valence-electron chi connectivity index (χ2n) is 6.31. The molecule has 0 amide bonds. The molecule has 0 aromatic heterocycles. The van der Waals surface area contributed by atoms with Crippen molar-refractivity contribution in [2.24, 2.45) is 0 Å². The minimum absolute atomic E-state index is 0.312. The summed E-state index contributed by atoms with van der Waals surface area (Å²) < 4.78 is 1.11. The number of hydrogen-bond acceptors (Lipinski definition) is 0.